The molecule has 4 rings (SSSR count). The van der Waals surface area contributed by atoms with Gasteiger partial charge < -0.3 is 14.7 Å². The van der Waals surface area contributed by atoms with Crippen molar-refractivity contribution in [3.8, 4) is 11.3 Å². The van der Waals surface area contributed by atoms with Gasteiger partial charge in [-0.15, -0.1) is 0 Å². The fourth-order valence-corrected chi connectivity index (χ4v) is 5.14. The van der Waals surface area contributed by atoms with Gasteiger partial charge in [0, 0.05) is 51.4 Å². The van der Waals surface area contributed by atoms with Crippen LogP contribution >= 0.6 is 0 Å². The van der Waals surface area contributed by atoms with Gasteiger partial charge in [-0.05, 0) is 37.3 Å². The average Bonchev–Trinajstić information content (AvgIpc) is 3.43. The third-order valence-electron chi connectivity index (χ3n) is 6.94. The van der Waals surface area contributed by atoms with E-state index in [4.69, 9.17) is 4.52 Å². The molecular formula is C24H30F2N4O3. The summed E-state index contributed by atoms with van der Waals surface area (Å²) in [5.41, 5.74) is -0.000717. The van der Waals surface area contributed by atoms with Gasteiger partial charge in [0.2, 0.25) is 5.91 Å². The number of nitrogens with zero attached hydrogens (tertiary/aromatic N) is 3. The maximum absolute atomic E-state index is 14.1. The maximum atomic E-state index is 14.1. The fourth-order valence-electron chi connectivity index (χ4n) is 5.14. The molecule has 2 heterocycles. The van der Waals surface area contributed by atoms with Crippen LogP contribution in [-0.4, -0.2) is 66.0 Å². The van der Waals surface area contributed by atoms with E-state index in [1.165, 1.54) is 25.0 Å². The third-order valence-corrected chi connectivity index (χ3v) is 6.94. The second-order valence-electron chi connectivity index (χ2n) is 9.38. The van der Waals surface area contributed by atoms with Crippen molar-refractivity contribution in [1.82, 2.24) is 20.3 Å². The Kier molecular flexibility index (Phi) is 6.78. The van der Waals surface area contributed by atoms with E-state index in [-0.39, 0.29) is 34.9 Å². The number of aromatic nitrogens is 1. The SMILES string of the molecule is C[C@H]1CCC[C@H]1N1CC[C@@H](NC(=O)c2cc(-c3ccc(F)cc3F)on2)[C@H](C(=O)N(C)C)C1. The van der Waals surface area contributed by atoms with E-state index in [1.807, 2.05) is 0 Å². The molecule has 0 unspecified atom stereocenters. The van der Waals surface area contributed by atoms with Gasteiger partial charge in [-0.25, -0.2) is 8.78 Å². The molecule has 4 atom stereocenters. The van der Waals surface area contributed by atoms with Gasteiger partial charge in [0.1, 0.15) is 11.6 Å². The molecule has 1 N–H and O–H groups in total. The van der Waals surface area contributed by atoms with Gasteiger partial charge >= 0.3 is 0 Å². The molecule has 33 heavy (non-hydrogen) atoms. The van der Waals surface area contributed by atoms with Crippen molar-refractivity contribution in [2.24, 2.45) is 11.8 Å². The molecule has 1 saturated heterocycles. The molecule has 178 valence electrons. The number of benzene rings is 1. The number of likely N-dealkylation sites (tertiary alicyclic amines) is 1. The van der Waals surface area contributed by atoms with Crippen molar-refractivity contribution in [2.45, 2.75) is 44.7 Å². The Balaban J connectivity index is 1.48. The average molecular weight is 461 g/mol. The highest BCUT2D eigenvalue weighted by atomic mass is 19.1. The predicted molar refractivity (Wildman–Crippen MR) is 118 cm³/mol. The summed E-state index contributed by atoms with van der Waals surface area (Å²) in [4.78, 5) is 29.8. The van der Waals surface area contributed by atoms with Crippen molar-refractivity contribution in [2.75, 3.05) is 27.2 Å². The lowest BCUT2D eigenvalue weighted by molar-refractivity contribution is -0.136. The Morgan fingerprint density at radius 3 is 2.64 bits per heavy atom. The molecule has 0 spiro atoms. The van der Waals surface area contributed by atoms with Crippen molar-refractivity contribution in [3.05, 3.63) is 41.6 Å². The molecule has 2 aromatic rings. The molecule has 1 aliphatic heterocycles. The summed E-state index contributed by atoms with van der Waals surface area (Å²) in [6, 6.07) is 4.54. The zero-order valence-corrected chi connectivity index (χ0v) is 19.2. The number of carbonyl (C=O) groups excluding carboxylic acids is 2. The number of rotatable bonds is 5. The van der Waals surface area contributed by atoms with Crippen molar-refractivity contribution >= 4 is 11.8 Å². The summed E-state index contributed by atoms with van der Waals surface area (Å²) < 4.78 is 32.4. The summed E-state index contributed by atoms with van der Waals surface area (Å²) in [5, 5.41) is 6.70. The van der Waals surface area contributed by atoms with Crippen LogP contribution in [0.25, 0.3) is 11.3 Å². The molecule has 9 heteroatoms. The smallest absolute Gasteiger partial charge is 0.273 e. The van der Waals surface area contributed by atoms with Gasteiger partial charge in [0.05, 0.1) is 11.5 Å². The fraction of sp³-hybridized carbons (Fsp3) is 0.542. The van der Waals surface area contributed by atoms with Crippen molar-refractivity contribution in [1.29, 1.82) is 0 Å². The van der Waals surface area contributed by atoms with E-state index in [0.29, 0.717) is 24.9 Å². The molecule has 2 fully saturated rings. The topological polar surface area (TPSA) is 78.7 Å². The Labute approximate surface area is 192 Å². The van der Waals surface area contributed by atoms with E-state index in [9.17, 15) is 18.4 Å². The zero-order chi connectivity index (χ0) is 23.7. The van der Waals surface area contributed by atoms with Gasteiger partial charge in [-0.1, -0.05) is 18.5 Å². The largest absolute Gasteiger partial charge is 0.355 e. The molecule has 2 aliphatic rings. The van der Waals surface area contributed by atoms with E-state index >= 15 is 0 Å². The summed E-state index contributed by atoms with van der Waals surface area (Å²) in [6.07, 6.45) is 4.20. The molecular weight excluding hydrogens is 430 g/mol. The molecule has 7 nitrogen and oxygen atoms in total. The molecule has 0 bridgehead atoms. The minimum Gasteiger partial charge on any atom is -0.355 e. The second-order valence-corrected chi connectivity index (χ2v) is 9.38. The highest BCUT2D eigenvalue weighted by Crippen LogP contribution is 2.33. The third kappa shape index (κ3) is 4.93. The van der Waals surface area contributed by atoms with Crippen LogP contribution in [0.2, 0.25) is 0 Å². The number of hydrogen-bond donors (Lipinski definition) is 1. The first-order valence-electron chi connectivity index (χ1n) is 11.4. The van der Waals surface area contributed by atoms with Crippen LogP contribution in [0.1, 0.15) is 43.1 Å². The number of hydrogen-bond acceptors (Lipinski definition) is 5. The Morgan fingerprint density at radius 2 is 1.97 bits per heavy atom. The van der Waals surface area contributed by atoms with Crippen LogP contribution in [0.15, 0.2) is 28.8 Å². The molecule has 1 aromatic carbocycles. The highest BCUT2D eigenvalue weighted by molar-refractivity contribution is 5.94. The number of nitrogens with one attached hydrogen (secondary N) is 1. The predicted octanol–water partition coefficient (Wildman–Crippen LogP) is 3.32. The first-order valence-corrected chi connectivity index (χ1v) is 11.4. The first kappa shape index (κ1) is 23.4. The Bertz CT molecular complexity index is 1020. The molecule has 1 saturated carbocycles. The minimum atomic E-state index is -0.803. The van der Waals surface area contributed by atoms with Crippen molar-refractivity contribution in [3.63, 3.8) is 0 Å². The zero-order valence-electron chi connectivity index (χ0n) is 19.2. The molecule has 2 amide bonds. The minimum absolute atomic E-state index is 0.0163. The van der Waals surface area contributed by atoms with Crippen LogP contribution in [0.4, 0.5) is 8.78 Å². The van der Waals surface area contributed by atoms with E-state index < -0.39 is 17.5 Å². The number of amides is 2. The first-order chi connectivity index (χ1) is 15.7. The van der Waals surface area contributed by atoms with Gasteiger partial charge in [0.25, 0.3) is 5.91 Å². The van der Waals surface area contributed by atoms with Gasteiger partial charge in [-0.2, -0.15) is 0 Å². The summed E-state index contributed by atoms with van der Waals surface area (Å²) in [5.74, 6) is -1.75. The Hall–Kier alpha value is -2.81. The van der Waals surface area contributed by atoms with Crippen LogP contribution < -0.4 is 5.32 Å². The lowest BCUT2D eigenvalue weighted by Crippen LogP contribution is -2.57. The van der Waals surface area contributed by atoms with Crippen molar-refractivity contribution < 1.29 is 22.9 Å². The Morgan fingerprint density at radius 1 is 1.18 bits per heavy atom. The summed E-state index contributed by atoms with van der Waals surface area (Å²) in [7, 11) is 3.44. The quantitative estimate of drug-likeness (QED) is 0.741. The van der Waals surface area contributed by atoms with E-state index in [1.54, 1.807) is 19.0 Å². The number of halogens is 2. The van der Waals surface area contributed by atoms with Crippen LogP contribution in [0.5, 0.6) is 0 Å². The molecule has 1 aromatic heterocycles. The highest BCUT2D eigenvalue weighted by Gasteiger charge is 2.40. The molecule has 1 aliphatic carbocycles. The van der Waals surface area contributed by atoms with E-state index in [2.05, 4.69) is 22.3 Å². The maximum Gasteiger partial charge on any atom is 0.273 e. The van der Waals surface area contributed by atoms with Crippen LogP contribution in [-0.2, 0) is 4.79 Å². The normalized spacial score (nSPS) is 25.7. The van der Waals surface area contributed by atoms with Crippen LogP contribution in [0.3, 0.4) is 0 Å². The monoisotopic (exact) mass is 460 g/mol. The molecule has 0 radical (unpaired) electrons. The number of piperidine rings is 1. The number of carbonyl (C=O) groups is 2. The van der Waals surface area contributed by atoms with E-state index in [0.717, 1.165) is 25.1 Å². The lowest BCUT2D eigenvalue weighted by atomic mass is 9.88. The lowest BCUT2D eigenvalue weighted by Gasteiger charge is -2.42. The summed E-state index contributed by atoms with van der Waals surface area (Å²) >= 11 is 0. The van der Waals surface area contributed by atoms with Gasteiger partial charge in [-0.3, -0.25) is 14.5 Å². The van der Waals surface area contributed by atoms with Crippen LogP contribution in [0, 0.1) is 23.5 Å². The summed E-state index contributed by atoms with van der Waals surface area (Å²) in [6.45, 7) is 3.67. The second kappa shape index (κ2) is 9.59. The van der Waals surface area contributed by atoms with Gasteiger partial charge in [0.15, 0.2) is 11.5 Å². The standard InChI is InChI=1S/C24H30F2N4O3/c1-14-5-4-6-21(14)30-10-9-19(17(13-30)24(32)29(2)3)27-23(31)20-12-22(33-28-20)16-8-7-15(25)11-18(16)26/h7-8,11-12,14,17,19,21H,4-6,9-10,13H2,1-3H3,(H,27,31)/t14-,17+,19+,21+/m0/s1.